The summed E-state index contributed by atoms with van der Waals surface area (Å²) in [5.74, 6) is 0.173. The van der Waals surface area contributed by atoms with Gasteiger partial charge >= 0.3 is 0 Å². The zero-order valence-electron chi connectivity index (χ0n) is 17.0. The van der Waals surface area contributed by atoms with E-state index >= 15 is 0 Å². The summed E-state index contributed by atoms with van der Waals surface area (Å²) in [6.07, 6.45) is 8.58. The predicted octanol–water partition coefficient (Wildman–Crippen LogP) is 3.19. The largest absolute Gasteiger partial charge is 0.493 e. The standard InChI is InChI=1S/C19H24FN3O3.C3H6/c1-23-17(24)14-7-8-25-11-19(14,22-18(23)21)15-9-13(5-6-16(15)20)26-10-12-3-2-4-12;1-2-3-1/h5-6,9,12,14H,2-4,7-8,10-11H2,1H3,(H2,21,22);1-3H2/t14-,19?;/m0./s1. The molecule has 0 radical (unpaired) electrons. The van der Waals surface area contributed by atoms with Gasteiger partial charge in [-0.05, 0) is 43.4 Å². The molecule has 2 atom stereocenters. The van der Waals surface area contributed by atoms with E-state index in [1.54, 1.807) is 19.2 Å². The fraction of sp³-hybridized carbons (Fsp3) is 0.636. The van der Waals surface area contributed by atoms with Gasteiger partial charge in [0.05, 0.1) is 19.1 Å². The lowest BCUT2D eigenvalue weighted by Crippen LogP contribution is -2.58. The summed E-state index contributed by atoms with van der Waals surface area (Å²) in [4.78, 5) is 18.6. The van der Waals surface area contributed by atoms with Crippen molar-refractivity contribution in [2.24, 2.45) is 22.6 Å². The molecule has 2 N–H and O–H groups in total. The van der Waals surface area contributed by atoms with Crippen LogP contribution in [-0.2, 0) is 15.1 Å². The molecule has 29 heavy (non-hydrogen) atoms. The van der Waals surface area contributed by atoms with Gasteiger partial charge in [0, 0.05) is 19.2 Å². The predicted molar refractivity (Wildman–Crippen MR) is 108 cm³/mol. The Morgan fingerprint density at radius 3 is 2.69 bits per heavy atom. The van der Waals surface area contributed by atoms with E-state index < -0.39 is 17.3 Å². The maximum absolute atomic E-state index is 14.8. The van der Waals surface area contributed by atoms with Gasteiger partial charge in [0.2, 0.25) is 5.91 Å². The van der Waals surface area contributed by atoms with Crippen molar-refractivity contribution in [2.45, 2.75) is 50.5 Å². The maximum atomic E-state index is 14.8. The lowest BCUT2D eigenvalue weighted by Gasteiger charge is -2.45. The van der Waals surface area contributed by atoms with Crippen LogP contribution in [0.3, 0.4) is 0 Å². The highest BCUT2D eigenvalue weighted by molar-refractivity contribution is 6.00. The van der Waals surface area contributed by atoms with E-state index in [4.69, 9.17) is 15.2 Å². The van der Waals surface area contributed by atoms with Gasteiger partial charge in [-0.2, -0.15) is 0 Å². The average Bonchev–Trinajstić information content (AvgIpc) is 3.55. The topological polar surface area (TPSA) is 77.2 Å². The first-order valence-electron chi connectivity index (χ1n) is 10.6. The molecule has 7 heteroatoms. The highest BCUT2D eigenvalue weighted by Crippen LogP contribution is 2.44. The Hall–Kier alpha value is -2.15. The third-order valence-corrected chi connectivity index (χ3v) is 6.20. The Morgan fingerprint density at radius 2 is 2.03 bits per heavy atom. The number of benzene rings is 1. The number of nitrogens with zero attached hydrogens (tertiary/aromatic N) is 2. The molecule has 0 spiro atoms. The minimum absolute atomic E-state index is 0.0805. The SMILES string of the molecule is C1CC1.CN1C(=O)[C@@H]2CCOCC2(c2cc(OCC3CCC3)ccc2F)N=C1N. The minimum atomic E-state index is -1.13. The summed E-state index contributed by atoms with van der Waals surface area (Å²) in [6, 6.07) is 4.65. The first kappa shape index (κ1) is 20.1. The quantitative estimate of drug-likeness (QED) is 0.838. The number of carbonyl (C=O) groups excluding carboxylic acids is 1. The van der Waals surface area contributed by atoms with Gasteiger partial charge in [-0.15, -0.1) is 0 Å². The van der Waals surface area contributed by atoms with Gasteiger partial charge in [0.1, 0.15) is 17.1 Å². The highest BCUT2D eigenvalue weighted by Gasteiger charge is 2.52. The van der Waals surface area contributed by atoms with Gasteiger partial charge in [0.25, 0.3) is 0 Å². The first-order chi connectivity index (χ1) is 14.0. The lowest BCUT2D eigenvalue weighted by molar-refractivity contribution is -0.140. The number of hydrogen-bond donors (Lipinski definition) is 1. The lowest BCUT2D eigenvalue weighted by atomic mass is 9.74. The highest BCUT2D eigenvalue weighted by atomic mass is 19.1. The molecule has 2 heterocycles. The van der Waals surface area contributed by atoms with Crippen molar-refractivity contribution in [3.8, 4) is 5.75 Å². The second-order valence-corrected chi connectivity index (χ2v) is 8.50. The molecule has 158 valence electrons. The Morgan fingerprint density at radius 1 is 1.28 bits per heavy atom. The Balaban J connectivity index is 0.000000626. The molecular formula is C22H30FN3O3. The monoisotopic (exact) mass is 403 g/mol. The molecule has 1 aromatic carbocycles. The van der Waals surface area contributed by atoms with Crippen LogP contribution in [0.25, 0.3) is 0 Å². The Labute approximate surface area is 171 Å². The molecule has 3 fully saturated rings. The molecular weight excluding hydrogens is 373 g/mol. The summed E-state index contributed by atoms with van der Waals surface area (Å²) in [7, 11) is 1.59. The maximum Gasteiger partial charge on any atom is 0.235 e. The van der Waals surface area contributed by atoms with Crippen LogP contribution >= 0.6 is 0 Å². The summed E-state index contributed by atoms with van der Waals surface area (Å²) in [6.45, 7) is 1.20. The second-order valence-electron chi connectivity index (χ2n) is 8.50. The van der Waals surface area contributed by atoms with Gasteiger partial charge in [0.15, 0.2) is 5.96 Å². The Bertz CT molecular complexity index is 791. The van der Waals surface area contributed by atoms with Gasteiger partial charge in [-0.3, -0.25) is 9.69 Å². The number of aliphatic imine (C=N–C) groups is 1. The van der Waals surface area contributed by atoms with E-state index in [-0.39, 0.29) is 18.5 Å². The van der Waals surface area contributed by atoms with Crippen molar-refractivity contribution in [3.05, 3.63) is 29.6 Å². The fourth-order valence-electron chi connectivity index (χ4n) is 3.96. The second kappa shape index (κ2) is 8.30. The van der Waals surface area contributed by atoms with Crippen LogP contribution in [0.2, 0.25) is 0 Å². The van der Waals surface area contributed by atoms with Gasteiger partial charge < -0.3 is 15.2 Å². The van der Waals surface area contributed by atoms with Crippen molar-refractivity contribution in [1.29, 1.82) is 0 Å². The molecule has 1 aromatic rings. The van der Waals surface area contributed by atoms with Gasteiger partial charge in [-0.1, -0.05) is 25.7 Å². The molecule has 5 rings (SSSR count). The van der Waals surface area contributed by atoms with Crippen molar-refractivity contribution in [1.82, 2.24) is 4.90 Å². The number of hydrogen-bond acceptors (Lipinski definition) is 5. The third-order valence-electron chi connectivity index (χ3n) is 6.20. The molecule has 0 aromatic heterocycles. The van der Waals surface area contributed by atoms with E-state index in [1.165, 1.54) is 49.5 Å². The molecule has 2 aliphatic heterocycles. The summed E-state index contributed by atoms with van der Waals surface area (Å²) >= 11 is 0. The van der Waals surface area contributed by atoms with Crippen LogP contribution in [-0.4, -0.2) is 43.6 Å². The van der Waals surface area contributed by atoms with Crippen LogP contribution in [0, 0.1) is 17.7 Å². The number of carbonyl (C=O) groups is 1. The van der Waals surface area contributed by atoms with Crippen LogP contribution in [0.5, 0.6) is 5.75 Å². The van der Waals surface area contributed by atoms with Crippen LogP contribution in [0.4, 0.5) is 4.39 Å². The number of nitrogens with two attached hydrogens (primary N) is 1. The molecule has 0 bridgehead atoms. The van der Waals surface area contributed by atoms with E-state index in [1.807, 2.05) is 0 Å². The number of fused-ring (bicyclic) bond motifs is 1. The molecule has 4 aliphatic rings. The molecule has 6 nitrogen and oxygen atoms in total. The number of halogens is 1. The molecule has 1 amide bonds. The minimum Gasteiger partial charge on any atom is -0.493 e. The zero-order chi connectivity index (χ0) is 20.4. The van der Waals surface area contributed by atoms with E-state index in [9.17, 15) is 9.18 Å². The summed E-state index contributed by atoms with van der Waals surface area (Å²) in [5.41, 5.74) is 5.14. The fourth-order valence-corrected chi connectivity index (χ4v) is 3.96. The number of amides is 1. The summed E-state index contributed by atoms with van der Waals surface area (Å²) < 4.78 is 26.3. The van der Waals surface area contributed by atoms with Crippen molar-refractivity contribution >= 4 is 11.9 Å². The molecule has 1 unspecified atom stereocenters. The Kier molecular flexibility index (Phi) is 5.76. The summed E-state index contributed by atoms with van der Waals surface area (Å²) in [5, 5.41) is 0. The molecule has 1 saturated heterocycles. The third kappa shape index (κ3) is 4.10. The smallest absolute Gasteiger partial charge is 0.235 e. The normalized spacial score (nSPS) is 28.5. The average molecular weight is 403 g/mol. The zero-order valence-corrected chi connectivity index (χ0v) is 17.0. The van der Waals surface area contributed by atoms with E-state index in [2.05, 4.69) is 4.99 Å². The number of ether oxygens (including phenoxy) is 2. The van der Waals surface area contributed by atoms with Crippen molar-refractivity contribution in [3.63, 3.8) is 0 Å². The molecule has 2 aliphatic carbocycles. The van der Waals surface area contributed by atoms with Crippen LogP contribution in [0.15, 0.2) is 23.2 Å². The molecule has 2 saturated carbocycles. The van der Waals surface area contributed by atoms with Crippen molar-refractivity contribution < 1.29 is 18.7 Å². The van der Waals surface area contributed by atoms with E-state index in [0.717, 1.165) is 0 Å². The number of rotatable bonds is 4. The van der Waals surface area contributed by atoms with Gasteiger partial charge in [-0.25, -0.2) is 9.38 Å². The van der Waals surface area contributed by atoms with Crippen molar-refractivity contribution in [2.75, 3.05) is 26.9 Å². The van der Waals surface area contributed by atoms with Crippen LogP contribution in [0.1, 0.15) is 50.5 Å². The van der Waals surface area contributed by atoms with Crippen LogP contribution < -0.4 is 10.5 Å². The number of guanidine groups is 1. The van der Waals surface area contributed by atoms with E-state index in [0.29, 0.717) is 36.9 Å². The first-order valence-corrected chi connectivity index (χ1v) is 10.6.